The van der Waals surface area contributed by atoms with Crippen LogP contribution in [0.4, 0.5) is 0 Å². The quantitative estimate of drug-likeness (QED) is 0.0209. The van der Waals surface area contributed by atoms with E-state index in [2.05, 4.69) is 33.8 Å². The molecule has 0 fully saturated rings. The predicted octanol–water partition coefficient (Wildman–Crippen LogP) is 18.6. The fraction of sp³-hybridized carbons (Fsp3) is 0.641. The van der Waals surface area contributed by atoms with Gasteiger partial charge in [-0.15, -0.1) is 23.4 Å². The molecule has 534 valence electrons. The molecule has 5 rings (SSSR count). The molecule has 18 heteroatoms. The molecular formula is C78H120N6O12. The van der Waals surface area contributed by atoms with Gasteiger partial charge in [0.25, 0.3) is 0 Å². The van der Waals surface area contributed by atoms with Gasteiger partial charge in [0.1, 0.15) is 45.6 Å². The lowest BCUT2D eigenvalue weighted by molar-refractivity contribution is 0.0672. The first-order valence-corrected chi connectivity index (χ1v) is 37.1. The molecule has 0 aliphatic heterocycles. The van der Waals surface area contributed by atoms with E-state index in [1.165, 1.54) is 128 Å². The normalized spacial score (nSPS) is 11.3. The van der Waals surface area contributed by atoms with Crippen LogP contribution < -0.4 is 28.4 Å². The molecule has 0 aliphatic rings. The molecule has 5 aromatic rings. The number of aryl methyl sites for hydroxylation is 4. The molecule has 0 aliphatic carbocycles. The van der Waals surface area contributed by atoms with Crippen molar-refractivity contribution in [3.63, 3.8) is 0 Å². The van der Waals surface area contributed by atoms with Crippen LogP contribution in [-0.2, 0) is 39.1 Å². The topological polar surface area (TPSA) is 232 Å². The van der Waals surface area contributed by atoms with Gasteiger partial charge in [-0.05, 0) is 150 Å². The summed E-state index contributed by atoms with van der Waals surface area (Å²) in [6.07, 6.45) is 52.6. The fourth-order valence-electron chi connectivity index (χ4n) is 11.8. The van der Waals surface area contributed by atoms with Gasteiger partial charge in [-0.1, -0.05) is 177 Å². The number of nitrogens with zero attached hydrogens (tertiary/aromatic N) is 6. The Hall–Kier alpha value is -6.92. The maximum Gasteiger partial charge on any atom is 0.339 e. The third-order valence-corrected chi connectivity index (χ3v) is 17.4. The molecule has 0 amide bonds. The number of benzene rings is 3. The molecule has 0 atom stereocenters. The highest BCUT2D eigenvalue weighted by Gasteiger charge is 2.21. The lowest BCUT2D eigenvalue weighted by atomic mass is 10.1. The van der Waals surface area contributed by atoms with E-state index >= 15 is 0 Å². The number of aliphatic hydroxyl groups excluding tert-OH is 2. The Morgan fingerprint density at radius 1 is 0.354 bits per heavy atom. The van der Waals surface area contributed by atoms with Gasteiger partial charge >= 0.3 is 11.9 Å². The number of carboxylic acid groups (broad SMARTS) is 2. The van der Waals surface area contributed by atoms with Crippen molar-refractivity contribution in [3.05, 3.63) is 120 Å². The summed E-state index contributed by atoms with van der Waals surface area (Å²) in [5, 5.41) is 57.1. The molecule has 4 N–H and O–H groups in total. The third kappa shape index (κ3) is 36.4. The Kier molecular flexibility index (Phi) is 43.4. The van der Waals surface area contributed by atoms with E-state index in [0.717, 1.165) is 161 Å². The van der Waals surface area contributed by atoms with Gasteiger partial charge in [-0.25, -0.2) is 9.59 Å². The standard InChI is InChI=1S/C78H120N6O12/c1-3-5-7-9-11-13-15-17-23-29-37-47-91-69-53-65(63-85)55-71(57-69)93-49-39-31-25-19-21-27-33-43-67-61-83(81-79-67)45-35-41-51-95-75-59-74(78(89)90)76(60-73(75)77(87)88)96-52-42-36-46-84-62-68(80-82-84)44-34-28-22-20-26-32-40-50-94-72-56-66(64-86)54-70(58-72)92-48-38-30-24-18-16-14-12-10-8-6-4-2/h3-4,53-62,85-86H,1-2,5-52,63-64H2,(H,87,88)(H,89,90). The van der Waals surface area contributed by atoms with E-state index in [9.17, 15) is 30.0 Å². The molecule has 0 radical (unpaired) electrons. The number of hydrogen-bond donors (Lipinski definition) is 4. The van der Waals surface area contributed by atoms with E-state index in [4.69, 9.17) is 28.4 Å². The van der Waals surface area contributed by atoms with Crippen molar-refractivity contribution in [3.8, 4) is 34.5 Å². The molecule has 18 nitrogen and oxygen atoms in total. The zero-order valence-electron chi connectivity index (χ0n) is 58.4. The highest BCUT2D eigenvalue weighted by Crippen LogP contribution is 2.31. The number of aromatic nitrogens is 6. The Morgan fingerprint density at radius 3 is 0.917 bits per heavy atom. The van der Waals surface area contributed by atoms with Crippen molar-refractivity contribution >= 4 is 11.9 Å². The number of hydrogen-bond acceptors (Lipinski definition) is 14. The van der Waals surface area contributed by atoms with Crippen molar-refractivity contribution in [2.75, 3.05) is 39.6 Å². The fourth-order valence-corrected chi connectivity index (χ4v) is 11.8. The molecular weight excluding hydrogens is 1210 g/mol. The molecule has 0 spiro atoms. The van der Waals surface area contributed by atoms with Crippen molar-refractivity contribution in [2.45, 2.75) is 283 Å². The molecule has 0 bridgehead atoms. The second-order valence-electron chi connectivity index (χ2n) is 25.8. The Labute approximate surface area is 574 Å². The summed E-state index contributed by atoms with van der Waals surface area (Å²) in [5.74, 6) is 0.511. The van der Waals surface area contributed by atoms with Crippen molar-refractivity contribution in [1.82, 2.24) is 30.0 Å². The number of unbranched alkanes of at least 4 members (excludes halogenated alkanes) is 32. The number of aliphatic hydroxyl groups is 2. The molecule has 0 saturated carbocycles. The summed E-state index contributed by atoms with van der Waals surface area (Å²) in [7, 11) is 0. The predicted molar refractivity (Wildman–Crippen MR) is 381 cm³/mol. The van der Waals surface area contributed by atoms with Crippen molar-refractivity contribution in [1.29, 1.82) is 0 Å². The van der Waals surface area contributed by atoms with E-state index in [1.807, 2.05) is 70.3 Å². The first-order chi connectivity index (χ1) is 47.2. The Morgan fingerprint density at radius 2 is 0.625 bits per heavy atom. The van der Waals surface area contributed by atoms with E-state index in [0.29, 0.717) is 65.2 Å². The van der Waals surface area contributed by atoms with Crippen molar-refractivity contribution in [2.24, 2.45) is 0 Å². The van der Waals surface area contributed by atoms with Crippen LogP contribution in [0, 0.1) is 0 Å². The summed E-state index contributed by atoms with van der Waals surface area (Å²) >= 11 is 0. The minimum atomic E-state index is -1.24. The van der Waals surface area contributed by atoms with Gasteiger partial charge in [0.05, 0.1) is 64.2 Å². The van der Waals surface area contributed by atoms with Crippen LogP contribution in [0.1, 0.15) is 287 Å². The summed E-state index contributed by atoms with van der Waals surface area (Å²) in [6.45, 7) is 11.8. The second-order valence-corrected chi connectivity index (χ2v) is 25.8. The van der Waals surface area contributed by atoms with E-state index in [1.54, 1.807) is 0 Å². The second kappa shape index (κ2) is 52.2. The minimum Gasteiger partial charge on any atom is -0.493 e. The highest BCUT2D eigenvalue weighted by atomic mass is 16.5. The Balaban J connectivity index is 0.840. The van der Waals surface area contributed by atoms with Gasteiger partial charge in [0.15, 0.2) is 0 Å². The SMILES string of the molecule is C=CCCCCCCCCCCCOc1cc(CO)cc(OCCCCCCCCCc2cn(CCCCOc3cc(C(=O)O)c(OCCCCn4cc(CCCCCCCCCOc5cc(CO)cc(OCCCCCCCCCCCC=C)c5)nn4)cc3C(=O)O)nn2)c1. The molecule has 0 unspecified atom stereocenters. The zero-order chi connectivity index (χ0) is 68.1. The van der Waals surface area contributed by atoms with Gasteiger partial charge in [0.2, 0.25) is 0 Å². The van der Waals surface area contributed by atoms with E-state index in [-0.39, 0.29) is 49.1 Å². The van der Waals surface area contributed by atoms with Crippen LogP contribution in [0.3, 0.4) is 0 Å². The first-order valence-electron chi connectivity index (χ1n) is 37.1. The number of aromatic carboxylic acids is 2. The summed E-state index contributed by atoms with van der Waals surface area (Å²) in [6, 6.07) is 14.0. The summed E-state index contributed by atoms with van der Waals surface area (Å²) in [5.41, 5.74) is 3.20. The zero-order valence-corrected chi connectivity index (χ0v) is 58.4. The van der Waals surface area contributed by atoms with Crippen LogP contribution in [0.15, 0.2) is 86.2 Å². The number of allylic oxidation sites excluding steroid dienone is 2. The number of carboxylic acids is 2. The van der Waals surface area contributed by atoms with Crippen LogP contribution >= 0.6 is 0 Å². The smallest absolute Gasteiger partial charge is 0.339 e. The first kappa shape index (κ1) is 79.8. The number of rotatable bonds is 64. The lowest BCUT2D eigenvalue weighted by Gasteiger charge is -2.14. The lowest BCUT2D eigenvalue weighted by Crippen LogP contribution is -2.11. The maximum absolute atomic E-state index is 12.3. The third-order valence-electron chi connectivity index (χ3n) is 17.4. The van der Waals surface area contributed by atoms with Crippen LogP contribution in [-0.4, -0.2) is 102 Å². The van der Waals surface area contributed by atoms with Crippen LogP contribution in [0.5, 0.6) is 34.5 Å². The average molecular weight is 1330 g/mol. The van der Waals surface area contributed by atoms with Gasteiger partial charge < -0.3 is 48.8 Å². The Bertz CT molecular complexity index is 2670. The van der Waals surface area contributed by atoms with Crippen LogP contribution in [0.25, 0.3) is 0 Å². The van der Waals surface area contributed by atoms with Gasteiger partial charge in [-0.2, -0.15) is 0 Å². The molecule has 3 aromatic carbocycles. The minimum absolute atomic E-state index is 0.0149. The monoisotopic (exact) mass is 1330 g/mol. The summed E-state index contributed by atoms with van der Waals surface area (Å²) in [4.78, 5) is 24.6. The number of ether oxygens (including phenoxy) is 6. The van der Waals surface area contributed by atoms with Crippen molar-refractivity contribution < 1.29 is 58.4 Å². The molecule has 2 heterocycles. The van der Waals surface area contributed by atoms with Gasteiger partial charge in [0, 0.05) is 37.6 Å². The summed E-state index contributed by atoms with van der Waals surface area (Å²) < 4.78 is 39.6. The largest absolute Gasteiger partial charge is 0.493 e. The molecule has 0 saturated heterocycles. The molecule has 96 heavy (non-hydrogen) atoms. The van der Waals surface area contributed by atoms with Gasteiger partial charge in [-0.3, -0.25) is 9.36 Å². The number of carbonyl (C=O) groups is 2. The highest BCUT2D eigenvalue weighted by molar-refractivity contribution is 5.97. The van der Waals surface area contributed by atoms with Crippen LogP contribution in [0.2, 0.25) is 0 Å². The maximum atomic E-state index is 12.3. The average Bonchev–Trinajstić information content (AvgIpc) is 1.09. The molecule has 2 aromatic heterocycles. The van der Waals surface area contributed by atoms with E-state index < -0.39 is 11.9 Å².